The van der Waals surface area contributed by atoms with E-state index in [4.69, 9.17) is 23.8 Å². The van der Waals surface area contributed by atoms with Crippen LogP contribution in [0.1, 0.15) is 37.9 Å². The molecule has 2 aromatic heterocycles. The summed E-state index contributed by atoms with van der Waals surface area (Å²) in [4.78, 5) is 3.89. The van der Waals surface area contributed by atoms with E-state index in [1.807, 2.05) is 39.0 Å². The molecule has 214 valence electrons. The molecule has 11 nitrogen and oxygen atoms in total. The molecule has 0 fully saturated rings. The zero-order valence-corrected chi connectivity index (χ0v) is 25.4. The van der Waals surface area contributed by atoms with E-state index in [1.54, 1.807) is 0 Å². The SMILES string of the molecule is CC.COP(=O)(CNS(=O)c1sc2cc(OCCC[NH3+])c(OCCC[NH3+])cc2c1C)Oc1ccc(C#N)nc1. The number of pyridine rings is 1. The highest BCUT2D eigenvalue weighted by molar-refractivity contribution is 7.86. The zero-order chi connectivity index (χ0) is 28.8. The van der Waals surface area contributed by atoms with Crippen molar-refractivity contribution in [3.8, 4) is 23.3 Å². The van der Waals surface area contributed by atoms with Gasteiger partial charge < -0.3 is 30.0 Å². The number of hydrogen-bond donors (Lipinski definition) is 3. The molecule has 1 aromatic carbocycles. The van der Waals surface area contributed by atoms with Crippen LogP contribution in [-0.4, -0.2) is 48.9 Å². The van der Waals surface area contributed by atoms with E-state index >= 15 is 0 Å². The molecule has 0 bridgehead atoms. The molecule has 0 aliphatic heterocycles. The van der Waals surface area contributed by atoms with Crippen LogP contribution in [-0.2, 0) is 20.1 Å². The first-order valence-corrected chi connectivity index (χ1v) is 16.3. The summed E-state index contributed by atoms with van der Waals surface area (Å²) in [6, 6.07) is 8.62. The van der Waals surface area contributed by atoms with Crippen LogP contribution < -0.4 is 30.2 Å². The molecule has 39 heavy (non-hydrogen) atoms. The molecule has 7 N–H and O–H groups in total. The lowest BCUT2D eigenvalue weighted by Gasteiger charge is -2.17. The molecule has 0 saturated heterocycles. The summed E-state index contributed by atoms with van der Waals surface area (Å²) >= 11 is 1.36. The molecule has 3 rings (SSSR count). The van der Waals surface area contributed by atoms with Gasteiger partial charge in [-0.15, -0.1) is 11.3 Å². The summed E-state index contributed by atoms with van der Waals surface area (Å²) in [7, 11) is -4.13. The van der Waals surface area contributed by atoms with Gasteiger partial charge in [-0.05, 0) is 30.7 Å². The summed E-state index contributed by atoms with van der Waals surface area (Å²) in [6.07, 6.45) is 2.62. The number of benzene rings is 1. The molecule has 3 aromatic rings. The first-order valence-electron chi connectivity index (χ1n) is 12.6. The average Bonchev–Trinajstić information content (AvgIpc) is 3.28. The van der Waals surface area contributed by atoms with Crippen LogP contribution in [0.3, 0.4) is 0 Å². The molecule has 14 heteroatoms. The first kappa shape index (κ1) is 32.7. The highest BCUT2D eigenvalue weighted by Gasteiger charge is 2.27. The van der Waals surface area contributed by atoms with Gasteiger partial charge in [0.1, 0.15) is 39.0 Å². The summed E-state index contributed by atoms with van der Waals surface area (Å²) < 4.78 is 53.0. The molecular weight excluding hydrogens is 561 g/mol. The number of aryl methyl sites for hydroxylation is 1. The quantitative estimate of drug-likeness (QED) is 0.176. The number of thiophene rings is 1. The lowest BCUT2D eigenvalue weighted by molar-refractivity contribution is -0.369. The summed E-state index contributed by atoms with van der Waals surface area (Å²) in [5.41, 5.74) is 8.71. The topological polar surface area (TPSA) is 175 Å². The summed E-state index contributed by atoms with van der Waals surface area (Å²) in [5, 5.41) is 9.77. The van der Waals surface area contributed by atoms with E-state index in [1.165, 1.54) is 36.8 Å². The number of fused-ring (bicyclic) bond motifs is 1. The number of quaternary nitrogens is 2. The molecule has 0 amide bonds. The minimum absolute atomic E-state index is 0.174. The van der Waals surface area contributed by atoms with Gasteiger partial charge in [0, 0.05) is 36.1 Å². The zero-order valence-electron chi connectivity index (χ0n) is 22.9. The van der Waals surface area contributed by atoms with Gasteiger partial charge in [-0.2, -0.15) is 5.26 Å². The second-order valence-electron chi connectivity index (χ2n) is 7.87. The van der Waals surface area contributed by atoms with Crippen LogP contribution in [0.2, 0.25) is 0 Å². The highest BCUT2D eigenvalue weighted by Crippen LogP contribution is 2.47. The molecule has 2 heterocycles. The van der Waals surface area contributed by atoms with Gasteiger partial charge >= 0.3 is 7.60 Å². The summed E-state index contributed by atoms with van der Waals surface area (Å²) in [5.74, 6) is 1.43. The Balaban J connectivity index is 0.00000260. The maximum atomic E-state index is 13.2. The Kier molecular flexibility index (Phi) is 13.8. The number of hydrogen-bond acceptors (Lipinski definition) is 9. The third kappa shape index (κ3) is 9.25. The van der Waals surface area contributed by atoms with Crippen molar-refractivity contribution in [3.63, 3.8) is 0 Å². The fourth-order valence-electron chi connectivity index (χ4n) is 3.17. The van der Waals surface area contributed by atoms with E-state index in [-0.39, 0.29) is 17.7 Å². The van der Waals surface area contributed by atoms with Crippen molar-refractivity contribution in [1.82, 2.24) is 9.71 Å². The Labute approximate surface area is 235 Å². The van der Waals surface area contributed by atoms with Crippen LogP contribution in [0.4, 0.5) is 0 Å². The smallest absolute Gasteiger partial charge is 0.393 e. The van der Waals surface area contributed by atoms with Gasteiger partial charge in [-0.25, -0.2) is 18.5 Å². The molecule has 0 radical (unpaired) electrons. The number of ether oxygens (including phenoxy) is 2. The van der Waals surface area contributed by atoms with Gasteiger partial charge in [0.25, 0.3) is 0 Å². The maximum absolute atomic E-state index is 13.2. The number of aromatic nitrogens is 1. The largest absolute Gasteiger partial charge is 0.489 e. The highest BCUT2D eigenvalue weighted by atomic mass is 32.2. The van der Waals surface area contributed by atoms with Crippen LogP contribution in [0, 0.1) is 18.3 Å². The fraction of sp³-hybridized carbons (Fsp3) is 0.440. The van der Waals surface area contributed by atoms with Crippen molar-refractivity contribution in [2.75, 3.05) is 39.7 Å². The van der Waals surface area contributed by atoms with Crippen LogP contribution in [0.15, 0.2) is 34.7 Å². The number of rotatable bonds is 15. The summed E-state index contributed by atoms with van der Waals surface area (Å²) in [6.45, 7) is 8.45. The van der Waals surface area contributed by atoms with Crippen molar-refractivity contribution in [3.05, 3.63) is 41.7 Å². The van der Waals surface area contributed by atoms with Crippen molar-refractivity contribution >= 4 is 40.0 Å². The predicted octanol–water partition coefficient (Wildman–Crippen LogP) is 3.01. The number of nitrogens with zero attached hydrogens (tertiary/aromatic N) is 2. The Bertz CT molecular complexity index is 1310. The third-order valence-corrected chi connectivity index (χ3v) is 9.80. The molecule has 0 spiro atoms. The first-order chi connectivity index (χ1) is 18.8. The Morgan fingerprint density at radius 2 is 1.77 bits per heavy atom. The number of nitrogens with one attached hydrogen (secondary N) is 1. The Hall–Kier alpha value is -2.56. The van der Waals surface area contributed by atoms with E-state index < -0.39 is 18.6 Å². The van der Waals surface area contributed by atoms with Gasteiger partial charge in [0.05, 0.1) is 32.5 Å². The van der Waals surface area contributed by atoms with Crippen LogP contribution >= 0.6 is 18.9 Å². The maximum Gasteiger partial charge on any atom is 0.393 e. The Morgan fingerprint density at radius 3 is 2.31 bits per heavy atom. The third-order valence-electron chi connectivity index (χ3n) is 5.19. The minimum Gasteiger partial charge on any atom is -0.489 e. The average molecular weight is 600 g/mol. The van der Waals surface area contributed by atoms with Crippen molar-refractivity contribution in [1.29, 1.82) is 5.26 Å². The van der Waals surface area contributed by atoms with Crippen molar-refractivity contribution < 1.29 is 38.8 Å². The van der Waals surface area contributed by atoms with Crippen LogP contribution in [0.5, 0.6) is 17.2 Å². The van der Waals surface area contributed by atoms with E-state index in [0.29, 0.717) is 28.9 Å². The van der Waals surface area contributed by atoms with Gasteiger partial charge in [-0.1, -0.05) is 13.8 Å². The molecule has 0 saturated carbocycles. The van der Waals surface area contributed by atoms with Gasteiger partial charge in [-0.3, -0.25) is 0 Å². The van der Waals surface area contributed by atoms with Gasteiger partial charge in [0.15, 0.2) is 11.5 Å². The van der Waals surface area contributed by atoms with E-state index in [9.17, 15) is 8.77 Å². The number of nitriles is 1. The monoisotopic (exact) mass is 599 g/mol. The second kappa shape index (κ2) is 16.5. The standard InChI is InChI=1S/C23H30N5O6PS2.C2H6/c1-16-19-11-20(32-9-3-7-24)21(33-10-4-8-25)12-22(19)36-23(16)37(30)28-15-35(29,31-2)34-18-6-5-17(13-26)27-14-18;1-2/h5-6,11-12,14,28H,3-4,7-10,15,24-25H2,1-2H3;1-2H3/p+2. The lowest BCUT2D eigenvalue weighted by Crippen LogP contribution is -2.50. The predicted molar refractivity (Wildman–Crippen MR) is 152 cm³/mol. The fourth-order valence-corrected chi connectivity index (χ4v) is 7.19. The Morgan fingerprint density at radius 1 is 1.13 bits per heavy atom. The molecule has 0 aliphatic rings. The second-order valence-corrected chi connectivity index (χ2v) is 12.5. The van der Waals surface area contributed by atoms with E-state index in [0.717, 1.165) is 41.6 Å². The molecular formula is C25H38N5O6PS2+2. The van der Waals surface area contributed by atoms with Crippen LogP contribution in [0.25, 0.3) is 10.1 Å². The normalized spacial score (nSPS) is 13.1. The molecule has 0 aliphatic carbocycles. The molecule has 2 unspecified atom stereocenters. The minimum atomic E-state index is -3.69. The van der Waals surface area contributed by atoms with Crippen molar-refractivity contribution in [2.24, 2.45) is 0 Å². The lowest BCUT2D eigenvalue weighted by atomic mass is 10.2. The van der Waals surface area contributed by atoms with Crippen molar-refractivity contribution in [2.45, 2.75) is 37.8 Å². The molecule has 2 atom stereocenters. The van der Waals surface area contributed by atoms with E-state index in [2.05, 4.69) is 21.2 Å². The van der Waals surface area contributed by atoms with Gasteiger partial charge in [0.2, 0.25) is 0 Å².